The minimum absolute atomic E-state index is 0.529. The number of allylic oxidation sites excluding steroid dienone is 2. The van der Waals surface area contributed by atoms with E-state index in [1.807, 2.05) is 30.3 Å². The lowest BCUT2D eigenvalue weighted by molar-refractivity contribution is 0.170. The lowest BCUT2D eigenvalue weighted by atomic mass is 9.98. The first-order valence-corrected chi connectivity index (χ1v) is 11.3. The number of fused-ring (bicyclic) bond motifs is 1. The predicted molar refractivity (Wildman–Crippen MR) is 131 cm³/mol. The van der Waals surface area contributed by atoms with Gasteiger partial charge in [-0.25, -0.2) is 14.7 Å². The topological polar surface area (TPSA) is 123 Å². The number of H-pyrrole nitrogens is 1. The minimum atomic E-state index is -1.06. The number of rotatable bonds is 7. The Kier molecular flexibility index (Phi) is 6.08. The quantitative estimate of drug-likeness (QED) is 0.480. The first-order chi connectivity index (χ1) is 17.2. The van der Waals surface area contributed by atoms with Crippen molar-refractivity contribution in [2.75, 3.05) is 6.54 Å². The molecule has 0 aliphatic carbocycles. The van der Waals surface area contributed by atoms with Gasteiger partial charge < -0.3 is 15.3 Å². The molecule has 0 spiro atoms. The highest BCUT2D eigenvalue weighted by atomic mass is 16.4. The summed E-state index contributed by atoms with van der Waals surface area (Å²) in [5, 5.41) is 27.2. The Hall–Kier alpha value is -4.73. The Morgan fingerprint density at radius 1 is 1.11 bits per heavy atom. The molecule has 176 valence electrons. The van der Waals surface area contributed by atoms with Crippen LogP contribution in [-0.4, -0.2) is 54.5 Å². The number of hydrogen-bond donors (Lipinski definition) is 3. The number of nitrogens with zero attached hydrogens (tertiary/aromatic N) is 6. The highest BCUT2D eigenvalue weighted by Crippen LogP contribution is 2.31. The Bertz CT molecular complexity index is 1340. The van der Waals surface area contributed by atoms with Gasteiger partial charge in [-0.2, -0.15) is 5.21 Å². The number of aromatic nitrogens is 4. The fourth-order valence-electron chi connectivity index (χ4n) is 4.21. The standard InChI is InChI=1S/C25H24N8O2/c1-2-13-32(24-22-21(26-16-27-24)8-5-14-33(22)25(34)35)15-17-9-11-18(12-10-17)19-6-3-4-7-20(19)23-28-30-31-29-23/h3-12,14,16H,2,13,15H2,1H3,(H,26,27)(H,34,35)(H,28,29,30,31). The fourth-order valence-corrected chi connectivity index (χ4v) is 4.21. The smallest absolute Gasteiger partial charge is 0.416 e. The number of aliphatic imine (C=N–C) groups is 1. The molecular formula is C25H24N8O2. The third kappa shape index (κ3) is 4.41. The highest BCUT2D eigenvalue weighted by Gasteiger charge is 2.29. The molecule has 1 aromatic heterocycles. The monoisotopic (exact) mass is 468 g/mol. The van der Waals surface area contributed by atoms with E-state index >= 15 is 0 Å². The lowest BCUT2D eigenvalue weighted by Crippen LogP contribution is -2.37. The molecule has 0 fully saturated rings. The van der Waals surface area contributed by atoms with Crippen molar-refractivity contribution in [1.82, 2.24) is 35.7 Å². The maximum absolute atomic E-state index is 11.9. The van der Waals surface area contributed by atoms with Gasteiger partial charge in [0.25, 0.3) is 0 Å². The van der Waals surface area contributed by atoms with Gasteiger partial charge in [0.05, 0.1) is 12.0 Å². The van der Waals surface area contributed by atoms with E-state index in [2.05, 4.69) is 67.0 Å². The molecule has 35 heavy (non-hydrogen) atoms. The summed E-state index contributed by atoms with van der Waals surface area (Å²) >= 11 is 0. The molecule has 5 rings (SSSR count). The number of carbonyl (C=O) groups is 1. The molecule has 0 bridgehead atoms. The maximum atomic E-state index is 11.9. The molecule has 0 atom stereocenters. The van der Waals surface area contributed by atoms with Crippen LogP contribution >= 0.6 is 0 Å². The number of tetrazole rings is 1. The van der Waals surface area contributed by atoms with Gasteiger partial charge in [0.1, 0.15) is 5.70 Å². The summed E-state index contributed by atoms with van der Waals surface area (Å²) in [6.07, 6.45) is 6.51. The lowest BCUT2D eigenvalue weighted by Gasteiger charge is -2.33. The van der Waals surface area contributed by atoms with E-state index in [-0.39, 0.29) is 0 Å². The zero-order chi connectivity index (χ0) is 24.2. The van der Waals surface area contributed by atoms with E-state index in [0.29, 0.717) is 29.6 Å². The SMILES string of the molecule is CCCN(Cc1ccc(-c2ccccc2-c2nn[nH]n2)cc1)C1=C2C(=CC=CN2C(=O)O)NC=N1. The predicted octanol–water partition coefficient (Wildman–Crippen LogP) is 3.94. The van der Waals surface area contributed by atoms with E-state index in [0.717, 1.165) is 35.2 Å². The summed E-state index contributed by atoms with van der Waals surface area (Å²) in [7, 11) is 0. The first kappa shape index (κ1) is 22.1. The molecule has 10 heteroatoms. The second-order valence-corrected chi connectivity index (χ2v) is 8.05. The van der Waals surface area contributed by atoms with Gasteiger partial charge in [-0.1, -0.05) is 55.5 Å². The highest BCUT2D eigenvalue weighted by molar-refractivity contribution is 5.80. The number of amides is 1. The van der Waals surface area contributed by atoms with Gasteiger partial charge in [0.15, 0.2) is 5.82 Å². The average molecular weight is 469 g/mol. The van der Waals surface area contributed by atoms with Crippen LogP contribution in [0.2, 0.25) is 0 Å². The minimum Gasteiger partial charge on any atom is -0.464 e. The van der Waals surface area contributed by atoms with Crippen molar-refractivity contribution < 1.29 is 9.90 Å². The molecule has 3 heterocycles. The number of nitrogens with one attached hydrogen (secondary N) is 2. The molecule has 3 N–H and O–H groups in total. The summed E-state index contributed by atoms with van der Waals surface area (Å²) in [4.78, 5) is 19.7. The number of aromatic amines is 1. The van der Waals surface area contributed by atoms with Crippen LogP contribution in [-0.2, 0) is 6.54 Å². The molecule has 2 aliphatic heterocycles. The number of benzene rings is 2. The van der Waals surface area contributed by atoms with Crippen LogP contribution in [0.4, 0.5) is 4.79 Å². The van der Waals surface area contributed by atoms with Gasteiger partial charge in [0.2, 0.25) is 5.82 Å². The maximum Gasteiger partial charge on any atom is 0.416 e. The third-order valence-corrected chi connectivity index (χ3v) is 5.76. The van der Waals surface area contributed by atoms with Gasteiger partial charge in [0, 0.05) is 24.9 Å². The summed E-state index contributed by atoms with van der Waals surface area (Å²) in [6.45, 7) is 3.40. The van der Waals surface area contributed by atoms with Crippen LogP contribution in [0.1, 0.15) is 18.9 Å². The average Bonchev–Trinajstić information content (AvgIpc) is 3.43. The normalized spacial score (nSPS) is 14.4. The molecule has 0 saturated carbocycles. The fraction of sp³-hybridized carbons (Fsp3) is 0.160. The molecule has 3 aromatic rings. The molecule has 2 aromatic carbocycles. The Labute approximate surface area is 202 Å². The molecule has 0 radical (unpaired) electrons. The van der Waals surface area contributed by atoms with Crippen LogP contribution in [0.3, 0.4) is 0 Å². The molecule has 10 nitrogen and oxygen atoms in total. The third-order valence-electron chi connectivity index (χ3n) is 5.76. The summed E-state index contributed by atoms with van der Waals surface area (Å²) in [6, 6.07) is 16.2. The molecule has 0 saturated heterocycles. The molecule has 2 aliphatic rings. The van der Waals surface area contributed by atoms with Crippen molar-refractivity contribution in [1.29, 1.82) is 0 Å². The summed E-state index contributed by atoms with van der Waals surface area (Å²) in [5.74, 6) is 1.17. The number of carboxylic acid groups (broad SMARTS) is 1. The van der Waals surface area contributed by atoms with Crippen molar-refractivity contribution in [3.05, 3.63) is 89.7 Å². The Morgan fingerprint density at radius 3 is 2.63 bits per heavy atom. The van der Waals surface area contributed by atoms with Crippen LogP contribution in [0.25, 0.3) is 22.5 Å². The van der Waals surface area contributed by atoms with Crippen molar-refractivity contribution >= 4 is 12.4 Å². The van der Waals surface area contributed by atoms with E-state index in [9.17, 15) is 9.90 Å². The van der Waals surface area contributed by atoms with Crippen LogP contribution in [0, 0.1) is 0 Å². The van der Waals surface area contributed by atoms with Crippen molar-refractivity contribution in [2.24, 2.45) is 4.99 Å². The van der Waals surface area contributed by atoms with Crippen molar-refractivity contribution in [3.8, 4) is 22.5 Å². The molecule has 1 amide bonds. The van der Waals surface area contributed by atoms with Crippen molar-refractivity contribution in [3.63, 3.8) is 0 Å². The van der Waals surface area contributed by atoms with Gasteiger partial charge in [-0.3, -0.25) is 0 Å². The van der Waals surface area contributed by atoms with Gasteiger partial charge in [-0.15, -0.1) is 10.2 Å². The first-order valence-electron chi connectivity index (χ1n) is 11.3. The van der Waals surface area contributed by atoms with Gasteiger partial charge in [-0.05, 0) is 40.5 Å². The summed E-state index contributed by atoms with van der Waals surface area (Å²) < 4.78 is 0. The second kappa shape index (κ2) is 9.64. The van der Waals surface area contributed by atoms with Crippen LogP contribution < -0.4 is 5.32 Å². The zero-order valence-electron chi connectivity index (χ0n) is 19.1. The van der Waals surface area contributed by atoms with E-state index < -0.39 is 6.09 Å². The van der Waals surface area contributed by atoms with E-state index in [4.69, 9.17) is 0 Å². The van der Waals surface area contributed by atoms with Crippen molar-refractivity contribution in [2.45, 2.75) is 19.9 Å². The largest absolute Gasteiger partial charge is 0.464 e. The summed E-state index contributed by atoms with van der Waals surface area (Å²) in [5.41, 5.74) is 5.27. The molecule has 0 unspecified atom stereocenters. The Balaban J connectivity index is 1.45. The van der Waals surface area contributed by atoms with Gasteiger partial charge >= 0.3 is 6.09 Å². The van der Waals surface area contributed by atoms with Crippen LogP contribution in [0.5, 0.6) is 0 Å². The zero-order valence-corrected chi connectivity index (χ0v) is 19.1. The second-order valence-electron chi connectivity index (χ2n) is 8.05. The molecular weight excluding hydrogens is 444 g/mol. The van der Waals surface area contributed by atoms with E-state index in [1.165, 1.54) is 11.1 Å². The number of hydrogen-bond acceptors (Lipinski definition) is 7. The Morgan fingerprint density at radius 2 is 1.91 bits per heavy atom. The van der Waals surface area contributed by atoms with E-state index in [1.54, 1.807) is 12.4 Å². The van der Waals surface area contributed by atoms with Crippen LogP contribution in [0.15, 0.2) is 89.1 Å².